The number of aliphatic carboxylic acids is 3. The Balaban J connectivity index is 0.000000491. The molecule has 0 bridgehead atoms. The Hall–Kier alpha value is -7.24. The number of nitrogens with zero attached hydrogens (tertiary/aromatic N) is 1. The number of urea groups is 1. The summed E-state index contributed by atoms with van der Waals surface area (Å²) >= 11 is 5.88. The van der Waals surface area contributed by atoms with E-state index in [1.54, 1.807) is 49.4 Å². The van der Waals surface area contributed by atoms with Gasteiger partial charge in [-0.05, 0) is 74.0 Å². The first-order chi connectivity index (χ1) is 31.4. The zero-order valence-corrected chi connectivity index (χ0v) is 40.4. The van der Waals surface area contributed by atoms with E-state index in [9.17, 15) is 47.1 Å². The Morgan fingerprint density at radius 1 is 0.806 bits per heavy atom. The predicted molar refractivity (Wildman–Crippen MR) is 254 cm³/mol. The standard InChI is InChI=1S/C17H17NO6S.C16H16N2O5.C8H10O4.C3H4Br2O2/c1-12-6-8-13(9-7-12)25(23,24)18(11-10-16(19)20)15-5-3-2-4-14(15)17(21)22;1-22-12-6-7-13(14(9-12)23-2)18-16(21)17-11-5-3-4-10(8-11)15(19)20;1-5(2)8(11)6(12-3)4-7(9)10;4-1-2(5)3(6)7/h2-9H,10-11H2,1H3,(H,19,20)(H,21,22);3-9H,1-2H3,(H,19,20)(H2,17,18,21);4H,1H2,2-3H3,(H,9,10);2H,1H2,(H,6,7). The van der Waals surface area contributed by atoms with Gasteiger partial charge in [0.05, 0.1) is 61.2 Å². The zero-order valence-electron chi connectivity index (χ0n) is 36.4. The third-order valence-corrected chi connectivity index (χ3v) is 12.1. The molecule has 2 amide bonds. The number of aromatic carboxylic acids is 2. The lowest BCUT2D eigenvalue weighted by atomic mass is 10.2. The Labute approximate surface area is 401 Å². The van der Waals surface area contributed by atoms with Crippen molar-refractivity contribution >= 4 is 101 Å². The van der Waals surface area contributed by atoms with Crippen molar-refractivity contribution in [1.82, 2.24) is 0 Å². The number of allylic oxidation sites excluding steroid dienone is 1. The van der Waals surface area contributed by atoms with E-state index in [1.165, 1.54) is 76.8 Å². The average molecular weight is 1080 g/mol. The van der Waals surface area contributed by atoms with Gasteiger partial charge in [-0.15, -0.1) is 0 Å². The van der Waals surface area contributed by atoms with E-state index in [0.29, 0.717) is 34.3 Å². The molecule has 0 saturated carbocycles. The van der Waals surface area contributed by atoms with Crippen molar-refractivity contribution < 1.29 is 81.7 Å². The number of nitrogens with one attached hydrogen (secondary N) is 2. The second kappa shape index (κ2) is 28.6. The fourth-order valence-corrected chi connectivity index (χ4v) is 6.56. The van der Waals surface area contributed by atoms with Crippen LogP contribution in [-0.2, 0) is 33.9 Å². The maximum absolute atomic E-state index is 13.0. The number of halogens is 2. The van der Waals surface area contributed by atoms with Gasteiger partial charge in [-0.1, -0.05) is 74.3 Å². The van der Waals surface area contributed by atoms with Crippen LogP contribution in [0.2, 0.25) is 0 Å². The molecule has 0 saturated heterocycles. The van der Waals surface area contributed by atoms with Crippen LogP contribution in [0.3, 0.4) is 0 Å². The normalized spacial score (nSPS) is 10.8. The van der Waals surface area contributed by atoms with Crippen molar-refractivity contribution in [2.45, 2.75) is 30.0 Å². The molecule has 360 valence electrons. The minimum absolute atomic E-state index is 0.0383. The van der Waals surface area contributed by atoms with Crippen LogP contribution in [-0.4, -0.2) is 114 Å². The van der Waals surface area contributed by atoms with Crippen molar-refractivity contribution in [3.63, 3.8) is 0 Å². The van der Waals surface area contributed by atoms with Gasteiger partial charge in [-0.3, -0.25) is 18.7 Å². The van der Waals surface area contributed by atoms with Gasteiger partial charge in [-0.2, -0.15) is 0 Å². The first-order valence-electron chi connectivity index (χ1n) is 18.8. The molecule has 7 N–H and O–H groups in total. The maximum Gasteiger partial charge on any atom is 0.337 e. The van der Waals surface area contributed by atoms with Crippen LogP contribution in [0.1, 0.15) is 39.6 Å². The summed E-state index contributed by atoms with van der Waals surface area (Å²) in [4.78, 5) is 75.9. The molecule has 0 fully saturated rings. The van der Waals surface area contributed by atoms with Crippen LogP contribution in [0, 0.1) is 6.92 Å². The Morgan fingerprint density at radius 2 is 1.43 bits per heavy atom. The topological polar surface area (TPSA) is 310 Å². The molecule has 0 spiro atoms. The summed E-state index contributed by atoms with van der Waals surface area (Å²) in [6, 6.07) is 22.0. The van der Waals surface area contributed by atoms with E-state index in [4.69, 9.17) is 29.9 Å². The van der Waals surface area contributed by atoms with E-state index < -0.39 is 62.9 Å². The monoisotopic (exact) mass is 1080 g/mol. The number of rotatable bonds is 18. The molecule has 0 radical (unpaired) electrons. The SMILES string of the molecule is C=C(C)C(=O)C(=CC(=O)O)OC.COc1ccc(NC(=O)Nc2cccc(C(=O)O)c2)c(OC)c1.Cc1ccc(S(=O)(=O)N(CCC(=O)O)c2ccccc2C(=O)O)cc1.O=C(O)C(Br)CBr. The van der Waals surface area contributed by atoms with Gasteiger partial charge < -0.3 is 50.4 Å². The van der Waals surface area contributed by atoms with Crippen LogP contribution in [0.15, 0.2) is 120 Å². The van der Waals surface area contributed by atoms with Gasteiger partial charge >= 0.3 is 35.9 Å². The van der Waals surface area contributed by atoms with E-state index in [1.807, 2.05) is 0 Å². The van der Waals surface area contributed by atoms with Crippen LogP contribution >= 0.6 is 31.9 Å². The van der Waals surface area contributed by atoms with Crippen molar-refractivity contribution in [3.05, 3.63) is 132 Å². The number of hydrogen-bond donors (Lipinski definition) is 7. The number of amides is 2. The molecule has 23 heteroatoms. The highest BCUT2D eigenvalue weighted by molar-refractivity contribution is 9.12. The number of ether oxygens (including phenoxy) is 3. The lowest BCUT2D eigenvalue weighted by Crippen LogP contribution is -2.34. The minimum atomic E-state index is -4.12. The number of ketones is 1. The highest BCUT2D eigenvalue weighted by Crippen LogP contribution is 2.30. The number of carbonyl (C=O) groups is 7. The Morgan fingerprint density at radius 3 is 1.91 bits per heavy atom. The van der Waals surface area contributed by atoms with E-state index in [0.717, 1.165) is 9.87 Å². The van der Waals surface area contributed by atoms with Gasteiger partial charge in [0, 0.05) is 23.6 Å². The molecule has 0 aliphatic carbocycles. The lowest BCUT2D eigenvalue weighted by Gasteiger charge is -2.25. The molecule has 0 heterocycles. The number of aryl methyl sites for hydroxylation is 1. The molecule has 0 aromatic heterocycles. The summed E-state index contributed by atoms with van der Waals surface area (Å²) < 4.78 is 41.6. The highest BCUT2D eigenvalue weighted by atomic mass is 79.9. The Kier molecular flexibility index (Phi) is 24.7. The second-order valence-electron chi connectivity index (χ2n) is 13.0. The number of carboxylic acid groups (broad SMARTS) is 5. The number of Topliss-reactive ketones (excluding diaryl/α,β-unsaturated/α-hetero) is 1. The molecule has 1 atom stereocenters. The largest absolute Gasteiger partial charge is 0.497 e. The van der Waals surface area contributed by atoms with Gasteiger partial charge in [0.15, 0.2) is 5.76 Å². The highest BCUT2D eigenvalue weighted by Gasteiger charge is 2.28. The summed E-state index contributed by atoms with van der Waals surface area (Å²) in [5.41, 5.74) is 1.73. The molecular weight excluding hydrogens is 1030 g/mol. The second-order valence-corrected chi connectivity index (χ2v) is 16.6. The molecule has 4 aromatic rings. The van der Waals surface area contributed by atoms with Gasteiger partial charge in [0.2, 0.25) is 5.78 Å². The zero-order chi connectivity index (χ0) is 51.0. The van der Waals surface area contributed by atoms with Gasteiger partial charge in [0.1, 0.15) is 16.3 Å². The number of alkyl halides is 2. The van der Waals surface area contributed by atoms with Crippen molar-refractivity contribution in [3.8, 4) is 11.5 Å². The summed E-state index contributed by atoms with van der Waals surface area (Å²) in [6.45, 7) is 6.28. The molecule has 0 aliphatic rings. The fourth-order valence-electron chi connectivity index (χ4n) is 4.80. The smallest absolute Gasteiger partial charge is 0.337 e. The number of methoxy groups -OCH3 is 3. The summed E-state index contributed by atoms with van der Waals surface area (Å²) in [5.74, 6) is -5.27. The molecule has 4 aromatic carbocycles. The summed E-state index contributed by atoms with van der Waals surface area (Å²) in [7, 11) is 0.128. The number of benzene rings is 4. The summed E-state index contributed by atoms with van der Waals surface area (Å²) in [6.07, 6.45) is 0.246. The molecule has 67 heavy (non-hydrogen) atoms. The van der Waals surface area contributed by atoms with E-state index in [2.05, 4.69) is 53.8 Å². The third-order valence-electron chi connectivity index (χ3n) is 8.05. The fraction of sp³-hybridized carbons (Fsp3) is 0.205. The summed E-state index contributed by atoms with van der Waals surface area (Å²) in [5, 5.41) is 49.2. The van der Waals surface area contributed by atoms with Crippen LogP contribution in [0.5, 0.6) is 11.5 Å². The van der Waals surface area contributed by atoms with Crippen molar-refractivity contribution in [2.75, 3.05) is 48.1 Å². The lowest BCUT2D eigenvalue weighted by molar-refractivity contribution is -0.137. The molecule has 20 nitrogen and oxygen atoms in total. The van der Waals surface area contributed by atoms with Crippen molar-refractivity contribution in [2.24, 2.45) is 0 Å². The maximum atomic E-state index is 13.0. The average Bonchev–Trinajstić information content (AvgIpc) is 3.28. The van der Waals surface area contributed by atoms with Crippen LogP contribution in [0.25, 0.3) is 0 Å². The number of anilines is 3. The number of para-hydroxylation sites is 1. The number of carboxylic acids is 5. The van der Waals surface area contributed by atoms with Gasteiger partial charge in [-0.25, -0.2) is 27.6 Å². The van der Waals surface area contributed by atoms with E-state index in [-0.39, 0.29) is 39.6 Å². The predicted octanol–water partition coefficient (Wildman–Crippen LogP) is 7.39. The molecule has 1 unspecified atom stereocenters. The number of carbonyl (C=O) groups excluding carboxylic acids is 2. The molecule has 0 aliphatic heterocycles. The van der Waals surface area contributed by atoms with Gasteiger partial charge in [0.25, 0.3) is 10.0 Å². The number of hydrogen-bond acceptors (Lipinski definition) is 12. The van der Waals surface area contributed by atoms with Crippen LogP contribution in [0.4, 0.5) is 21.9 Å². The molecular formula is C44H47Br2N3O17S. The van der Waals surface area contributed by atoms with E-state index >= 15 is 0 Å². The first kappa shape index (κ1) is 57.8. The Bertz CT molecular complexity index is 2550. The minimum Gasteiger partial charge on any atom is -0.497 e. The third kappa shape index (κ3) is 19.8. The molecule has 4 rings (SSSR count). The van der Waals surface area contributed by atoms with Crippen molar-refractivity contribution in [1.29, 1.82) is 0 Å². The van der Waals surface area contributed by atoms with Crippen LogP contribution < -0.4 is 24.4 Å². The number of sulfonamides is 1. The quantitative estimate of drug-likeness (QED) is 0.0290. The first-order valence-corrected chi connectivity index (χ1v) is 22.3.